The van der Waals surface area contributed by atoms with Gasteiger partial charge in [-0.3, -0.25) is 0 Å². The second-order valence-electron chi connectivity index (χ2n) is 3.32. The van der Waals surface area contributed by atoms with Crippen LogP contribution in [-0.4, -0.2) is 11.1 Å². The number of nitrogens with two attached hydrogens (primary N) is 1. The van der Waals surface area contributed by atoms with Crippen LogP contribution in [0.25, 0.3) is 11.1 Å². The van der Waals surface area contributed by atoms with E-state index >= 15 is 0 Å². The number of carbonyl (C=O) groups is 1. The summed E-state index contributed by atoms with van der Waals surface area (Å²) in [5.74, 6) is -2.59. The number of thiophene rings is 1. The zero-order valence-electron chi connectivity index (χ0n) is 8.41. The fourth-order valence-corrected chi connectivity index (χ4v) is 2.30. The van der Waals surface area contributed by atoms with Crippen molar-refractivity contribution in [3.05, 3.63) is 40.8 Å². The highest BCUT2D eigenvalue weighted by atomic mass is 32.1. The third-order valence-corrected chi connectivity index (χ3v) is 3.06. The number of aromatic carboxylic acids is 1. The molecule has 1 aromatic heterocycles. The summed E-state index contributed by atoms with van der Waals surface area (Å²) in [6.07, 6.45) is 0. The van der Waals surface area contributed by atoms with Crippen molar-refractivity contribution >= 4 is 22.3 Å². The highest BCUT2D eigenvalue weighted by molar-refractivity contribution is 7.14. The van der Waals surface area contributed by atoms with E-state index in [2.05, 4.69) is 0 Å². The topological polar surface area (TPSA) is 63.3 Å². The number of hydrogen-bond donors (Lipinski definition) is 2. The molecule has 0 aliphatic heterocycles. The van der Waals surface area contributed by atoms with Gasteiger partial charge in [0.15, 0.2) is 0 Å². The Labute approximate surface area is 99.1 Å². The van der Waals surface area contributed by atoms with Crippen molar-refractivity contribution in [2.24, 2.45) is 0 Å². The SMILES string of the molecule is Nc1scc(-c2cc(F)ccc2F)c1C(=O)O. The first-order chi connectivity index (χ1) is 8.00. The normalized spacial score (nSPS) is 10.5. The van der Waals surface area contributed by atoms with Gasteiger partial charge in [-0.15, -0.1) is 11.3 Å². The minimum atomic E-state index is -1.26. The van der Waals surface area contributed by atoms with Gasteiger partial charge in [-0.05, 0) is 18.2 Å². The molecular formula is C11H7F2NO2S. The summed E-state index contributed by atoms with van der Waals surface area (Å²) in [4.78, 5) is 11.0. The number of rotatable bonds is 2. The maximum absolute atomic E-state index is 13.5. The monoisotopic (exact) mass is 255 g/mol. The van der Waals surface area contributed by atoms with E-state index < -0.39 is 17.6 Å². The molecule has 1 heterocycles. The second-order valence-corrected chi connectivity index (χ2v) is 4.23. The number of nitrogen functional groups attached to an aromatic ring is 1. The Balaban J connectivity index is 2.68. The van der Waals surface area contributed by atoms with Crippen molar-refractivity contribution < 1.29 is 18.7 Å². The lowest BCUT2D eigenvalue weighted by atomic mass is 10.0. The van der Waals surface area contributed by atoms with Gasteiger partial charge in [0, 0.05) is 16.5 Å². The van der Waals surface area contributed by atoms with Gasteiger partial charge in [-0.2, -0.15) is 0 Å². The smallest absolute Gasteiger partial charge is 0.339 e. The van der Waals surface area contributed by atoms with Gasteiger partial charge in [0.05, 0.1) is 0 Å². The molecule has 0 amide bonds. The molecule has 3 nitrogen and oxygen atoms in total. The van der Waals surface area contributed by atoms with Crippen LogP contribution >= 0.6 is 11.3 Å². The average Bonchev–Trinajstić information content (AvgIpc) is 2.64. The number of halogens is 2. The Morgan fingerprint density at radius 3 is 2.65 bits per heavy atom. The maximum atomic E-state index is 13.5. The van der Waals surface area contributed by atoms with E-state index in [4.69, 9.17) is 10.8 Å². The first-order valence-corrected chi connectivity index (χ1v) is 5.44. The van der Waals surface area contributed by atoms with Crippen LogP contribution in [0.2, 0.25) is 0 Å². The van der Waals surface area contributed by atoms with E-state index in [1.165, 1.54) is 5.38 Å². The summed E-state index contributed by atoms with van der Waals surface area (Å²) in [7, 11) is 0. The lowest BCUT2D eigenvalue weighted by Crippen LogP contribution is -2.01. The van der Waals surface area contributed by atoms with E-state index in [-0.39, 0.29) is 21.7 Å². The van der Waals surface area contributed by atoms with E-state index in [1.54, 1.807) is 0 Å². The van der Waals surface area contributed by atoms with Crippen LogP contribution in [0, 0.1) is 11.6 Å². The molecule has 2 rings (SSSR count). The van der Waals surface area contributed by atoms with Crippen molar-refractivity contribution in [2.45, 2.75) is 0 Å². The van der Waals surface area contributed by atoms with Crippen LogP contribution in [0.3, 0.4) is 0 Å². The van der Waals surface area contributed by atoms with Gasteiger partial charge in [0.25, 0.3) is 0 Å². The maximum Gasteiger partial charge on any atom is 0.339 e. The molecule has 0 atom stereocenters. The van der Waals surface area contributed by atoms with Crippen LogP contribution in [0.15, 0.2) is 23.6 Å². The lowest BCUT2D eigenvalue weighted by Gasteiger charge is -2.03. The van der Waals surface area contributed by atoms with Gasteiger partial charge in [0.1, 0.15) is 22.2 Å². The van der Waals surface area contributed by atoms with Crippen molar-refractivity contribution in [2.75, 3.05) is 5.73 Å². The van der Waals surface area contributed by atoms with Gasteiger partial charge in [-0.1, -0.05) is 0 Å². The third kappa shape index (κ3) is 1.99. The molecule has 0 radical (unpaired) electrons. The molecule has 0 aliphatic carbocycles. The predicted molar refractivity (Wildman–Crippen MR) is 61.0 cm³/mol. The van der Waals surface area contributed by atoms with Crippen LogP contribution in [-0.2, 0) is 0 Å². The number of anilines is 1. The summed E-state index contributed by atoms with van der Waals surface area (Å²) in [5.41, 5.74) is 5.29. The molecule has 3 N–H and O–H groups in total. The summed E-state index contributed by atoms with van der Waals surface area (Å²) in [6.45, 7) is 0. The quantitative estimate of drug-likeness (QED) is 0.867. The largest absolute Gasteiger partial charge is 0.478 e. The van der Waals surface area contributed by atoms with E-state index in [0.717, 1.165) is 29.5 Å². The van der Waals surface area contributed by atoms with Gasteiger partial charge in [0.2, 0.25) is 0 Å². The van der Waals surface area contributed by atoms with Gasteiger partial charge >= 0.3 is 5.97 Å². The Hall–Kier alpha value is -1.95. The number of carboxylic acids is 1. The molecule has 0 aliphatic rings. The highest BCUT2D eigenvalue weighted by Crippen LogP contribution is 2.35. The first kappa shape index (κ1) is 11.5. The Kier molecular flexibility index (Phi) is 2.81. The third-order valence-electron chi connectivity index (χ3n) is 2.25. The van der Waals surface area contributed by atoms with Crippen LogP contribution in [0.1, 0.15) is 10.4 Å². The molecule has 0 spiro atoms. The molecule has 0 fully saturated rings. The number of carboxylic acid groups (broad SMARTS) is 1. The Morgan fingerprint density at radius 1 is 1.29 bits per heavy atom. The fourth-order valence-electron chi connectivity index (χ4n) is 1.50. The fraction of sp³-hybridized carbons (Fsp3) is 0. The molecule has 6 heteroatoms. The van der Waals surface area contributed by atoms with E-state index in [1.807, 2.05) is 0 Å². The molecule has 88 valence electrons. The number of hydrogen-bond acceptors (Lipinski definition) is 3. The Bertz CT molecular complexity index is 595. The van der Waals surface area contributed by atoms with Crippen molar-refractivity contribution in [3.8, 4) is 11.1 Å². The molecule has 17 heavy (non-hydrogen) atoms. The van der Waals surface area contributed by atoms with Crippen LogP contribution in [0.4, 0.5) is 13.8 Å². The standard InChI is InChI=1S/C11H7F2NO2S/c12-5-1-2-8(13)6(3-5)7-4-17-10(14)9(7)11(15)16/h1-4H,14H2,(H,15,16). The van der Waals surface area contributed by atoms with Crippen LogP contribution < -0.4 is 5.73 Å². The number of benzene rings is 1. The van der Waals surface area contributed by atoms with Crippen molar-refractivity contribution in [1.82, 2.24) is 0 Å². The summed E-state index contributed by atoms with van der Waals surface area (Å²) < 4.78 is 26.5. The molecule has 0 saturated carbocycles. The summed E-state index contributed by atoms with van der Waals surface area (Å²) >= 11 is 0.977. The summed E-state index contributed by atoms with van der Waals surface area (Å²) in [5, 5.41) is 10.4. The Morgan fingerprint density at radius 2 is 2.00 bits per heavy atom. The van der Waals surface area contributed by atoms with Crippen molar-refractivity contribution in [1.29, 1.82) is 0 Å². The van der Waals surface area contributed by atoms with Gasteiger partial charge in [-0.25, -0.2) is 13.6 Å². The average molecular weight is 255 g/mol. The molecule has 0 saturated heterocycles. The summed E-state index contributed by atoms with van der Waals surface area (Å²) in [6, 6.07) is 2.86. The molecule has 0 bridgehead atoms. The zero-order valence-corrected chi connectivity index (χ0v) is 9.22. The zero-order chi connectivity index (χ0) is 12.6. The van der Waals surface area contributed by atoms with Crippen molar-refractivity contribution in [3.63, 3.8) is 0 Å². The minimum Gasteiger partial charge on any atom is -0.478 e. The second kappa shape index (κ2) is 4.14. The van der Waals surface area contributed by atoms with E-state index in [9.17, 15) is 13.6 Å². The molecule has 1 aromatic carbocycles. The van der Waals surface area contributed by atoms with Crippen LogP contribution in [0.5, 0.6) is 0 Å². The van der Waals surface area contributed by atoms with E-state index in [0.29, 0.717) is 0 Å². The predicted octanol–water partition coefficient (Wildman–Crippen LogP) is 2.97. The van der Waals surface area contributed by atoms with Gasteiger partial charge < -0.3 is 10.8 Å². The lowest BCUT2D eigenvalue weighted by molar-refractivity contribution is 0.0699. The molecule has 0 unspecified atom stereocenters. The molecular weight excluding hydrogens is 248 g/mol. The first-order valence-electron chi connectivity index (χ1n) is 4.56. The highest BCUT2D eigenvalue weighted by Gasteiger charge is 2.20. The minimum absolute atomic E-state index is 0.0659. The molecule has 2 aromatic rings.